The van der Waals surface area contributed by atoms with Gasteiger partial charge in [0.1, 0.15) is 36.3 Å². The normalized spacial score (nSPS) is 25.3. The molecule has 1 aromatic rings. The second-order valence-electron chi connectivity index (χ2n) is 50.0. The second-order valence-corrected chi connectivity index (χ2v) is 50.0. The quantitative estimate of drug-likeness (QED) is 0.0190. The summed E-state index contributed by atoms with van der Waals surface area (Å²) >= 11 is 0. The van der Waals surface area contributed by atoms with Crippen LogP contribution in [0, 0.1) is 90.7 Å². The van der Waals surface area contributed by atoms with E-state index in [-0.39, 0.29) is 112 Å². The Morgan fingerprint density at radius 2 is 0.785 bits per heavy atom. The molecule has 6 aliphatic heterocycles. The van der Waals surface area contributed by atoms with E-state index in [1.165, 1.54) is 15.9 Å². The predicted octanol–water partition coefficient (Wildman–Crippen LogP) is 6.73. The van der Waals surface area contributed by atoms with Gasteiger partial charge in [-0.3, -0.25) is 72.0 Å². The molecule has 12 aliphatic rings. The summed E-state index contributed by atoms with van der Waals surface area (Å²) in [7, 11) is 3.53. The van der Waals surface area contributed by atoms with Crippen molar-refractivity contribution in [3.63, 3.8) is 0 Å². The third-order valence-corrected chi connectivity index (χ3v) is 32.6. The molecule has 5 saturated heterocycles. The van der Waals surface area contributed by atoms with Crippen LogP contribution in [-0.4, -0.2) is 310 Å². The molecule has 798 valence electrons. The number of Topliss-reactive ketones (excluding diaryl/α,β-unsaturated/α-hetero) is 3. The van der Waals surface area contributed by atoms with E-state index in [1.54, 1.807) is 67.8 Å². The van der Waals surface area contributed by atoms with Gasteiger partial charge in [0.25, 0.3) is 29.5 Å². The van der Waals surface area contributed by atoms with Crippen LogP contribution in [0.4, 0.5) is 24.0 Å². The lowest BCUT2D eigenvalue weighted by Gasteiger charge is -2.42. The largest absolute Gasteiger partial charge is 0.363 e. The first-order chi connectivity index (χ1) is 66.7. The molecule has 3 unspecified atom stereocenters. The zero-order valence-electron chi connectivity index (χ0n) is 89.4. The molecule has 39 heteroatoms. The van der Waals surface area contributed by atoms with Crippen molar-refractivity contribution < 1.29 is 91.1 Å². The van der Waals surface area contributed by atoms with Gasteiger partial charge in [-0.2, -0.15) is 0 Å². The molecule has 14 N–H and O–H groups in total. The molecule has 21 amide bonds. The molecule has 6 aliphatic carbocycles. The minimum Gasteiger partial charge on any atom is -0.363 e. The van der Waals surface area contributed by atoms with Gasteiger partial charge in [0.15, 0.2) is 0 Å². The summed E-state index contributed by atoms with van der Waals surface area (Å²) in [6.45, 7) is 50.7. The number of nitrogens with zero attached hydrogens (tertiary/aromatic N) is 8. The molecule has 6 saturated carbocycles. The Morgan fingerprint density at radius 3 is 1.10 bits per heavy atom. The maximum Gasteiger partial charge on any atom is 0.319 e. The molecule has 0 aromatic heterocycles. The molecule has 39 nitrogen and oxygen atoms in total. The lowest BCUT2D eigenvalue weighted by Crippen LogP contribution is -2.64. The fourth-order valence-corrected chi connectivity index (χ4v) is 22.8. The molecular weight excluding hydrogens is 1850 g/mol. The Balaban J connectivity index is 0.000000206. The Labute approximate surface area is 848 Å². The highest BCUT2D eigenvalue weighted by atomic mass is 16.2. The average molecular weight is 2010 g/mol. The van der Waals surface area contributed by atoms with E-state index in [9.17, 15) is 91.1 Å². The Bertz CT molecular complexity index is 5080. The molecule has 0 radical (unpaired) electrons. The molecule has 0 spiro atoms. The van der Waals surface area contributed by atoms with Gasteiger partial charge in [-0.15, -0.1) is 6.58 Å². The summed E-state index contributed by atoms with van der Waals surface area (Å²) in [5, 5.41) is 28.7. The lowest BCUT2D eigenvalue weighted by molar-refractivity contribution is -0.145. The van der Waals surface area contributed by atoms with E-state index in [0.717, 1.165) is 57.8 Å². The number of piperidine rings is 3. The number of carbonyl (C=O) groups excluding carboxylic acids is 19. The van der Waals surface area contributed by atoms with Crippen LogP contribution < -0.4 is 64.6 Å². The van der Waals surface area contributed by atoms with Crippen molar-refractivity contribution in [3.05, 3.63) is 48.0 Å². The summed E-state index contributed by atoms with van der Waals surface area (Å²) in [6.07, 6.45) is 12.0. The van der Waals surface area contributed by atoms with Gasteiger partial charge >= 0.3 is 30.2 Å². The zero-order valence-corrected chi connectivity index (χ0v) is 89.4. The Morgan fingerprint density at radius 1 is 0.444 bits per heavy atom. The smallest absolute Gasteiger partial charge is 0.319 e. The van der Waals surface area contributed by atoms with Gasteiger partial charge in [0.2, 0.25) is 52.8 Å². The van der Waals surface area contributed by atoms with Gasteiger partial charge in [-0.1, -0.05) is 222 Å². The van der Waals surface area contributed by atoms with Crippen molar-refractivity contribution in [2.45, 2.75) is 321 Å². The van der Waals surface area contributed by atoms with Crippen LogP contribution in [0.15, 0.2) is 36.9 Å². The first-order valence-corrected chi connectivity index (χ1v) is 51.9. The highest BCUT2D eigenvalue weighted by Gasteiger charge is 2.73. The van der Waals surface area contributed by atoms with E-state index in [0.29, 0.717) is 102 Å². The van der Waals surface area contributed by atoms with Crippen molar-refractivity contribution in [2.75, 3.05) is 86.1 Å². The number of ketones is 3. The summed E-state index contributed by atoms with van der Waals surface area (Å²) < 4.78 is 0. The summed E-state index contributed by atoms with van der Waals surface area (Å²) in [5.41, 5.74) is 6.87. The van der Waals surface area contributed by atoms with E-state index in [1.807, 2.05) is 125 Å². The number of primary amides is 2. The third-order valence-electron chi connectivity index (χ3n) is 32.6. The van der Waals surface area contributed by atoms with E-state index >= 15 is 0 Å². The maximum absolute atomic E-state index is 14.5. The molecule has 6 heterocycles. The van der Waals surface area contributed by atoms with Crippen molar-refractivity contribution in [2.24, 2.45) is 102 Å². The number of nitrogens with two attached hydrogens (primary N) is 2. The summed E-state index contributed by atoms with van der Waals surface area (Å²) in [6, 6.07) is -4.66. The molecule has 144 heavy (non-hydrogen) atoms. The minimum atomic E-state index is -1.11. The Hall–Kier alpha value is -11.3. The van der Waals surface area contributed by atoms with Crippen LogP contribution >= 0.6 is 0 Å². The van der Waals surface area contributed by atoms with Crippen LogP contribution in [0.5, 0.6) is 0 Å². The fraction of sp³-hybridized carbons (Fsp3) is 0.743. The molecule has 0 bridgehead atoms. The highest BCUT2D eigenvalue weighted by Crippen LogP contribution is 2.67. The number of amides is 21. The summed E-state index contributed by atoms with van der Waals surface area (Å²) in [5.74, 6) is -8.59. The molecule has 11 fully saturated rings. The number of imide groups is 1. The molecule has 13 rings (SSSR count). The number of carbonyl (C=O) groups is 19. The second kappa shape index (κ2) is 43.4. The van der Waals surface area contributed by atoms with E-state index < -0.39 is 182 Å². The number of likely N-dealkylation sites (tertiary alicyclic amines) is 3. The number of urea groups is 5. The van der Waals surface area contributed by atoms with Gasteiger partial charge in [0.05, 0.1) is 53.4 Å². The summed E-state index contributed by atoms with van der Waals surface area (Å²) in [4.78, 5) is 265. The fourth-order valence-electron chi connectivity index (χ4n) is 22.8. The maximum atomic E-state index is 14.5. The molecular formula is C105H164N20O19. The average Bonchev–Trinajstić information content (AvgIpc) is 1.53. The third kappa shape index (κ3) is 25.7. The minimum absolute atomic E-state index is 0.0136. The SMILES string of the molecule is C=CCNC(=O)C(=O)C(CCC)NC(=O)[C@@H]1[C@@H]2[C@H](CN1C(=O)[C@@H](NC(=O)N[C@H](CN1CCCN(C)C1=O)C(C)(C)C)C(C)(C)C)C2(C)C.CC(C)(C)[C@H](NC(=O)NC1(CN2C(=O)c3ccccc3C2=O)CCCCC1)C(=O)N1C[C@H]2[C@@H]([C@H]1C(=O)NC(CC1CC1)C(=O)C(N)=O)C2(C)C.CN1CCCN(C[C@@H](NC(=O)N[C@H](C(=O)N2C[C@H]3[C@@H]([C@H]2C(=O)NC(CC2CC2)C(=O)C(N)=O)C3(C)C)C(C)(C)C)C(C)(C)C)C1=O. The van der Waals surface area contributed by atoms with Crippen molar-refractivity contribution in [1.82, 2.24) is 92.4 Å². The topological polar surface area (TPSA) is 523 Å². The standard InChI is InChI=1S/C37H50N6O7.C35H59N7O6.C33H55N7O6/c1-35(2,3)28(40-34(50)41-37(15-9-6-10-16-37)19-43-31(47)21-11-7-8-12-22(21)32(43)48)33(49)42-18-23-25(36(23,4)5)26(42)30(46)39-24(17-20-13-14-20)27(44)29(38)45;1-12-15-22(26(43)29(45)36-16-13-2)37-28(44)25-24-21(35(24,9)10)19-42(25)30(46)27(34(6,7)8)39-31(47)38-23(33(3,4)5)20-41-18-14-17-40(11)32(41)48;1-31(2,3)21(17-39-14-10-13-38(9)30(39)46)36-29(45)37-25(32(4,5)6)28(44)40-16-19-22(33(19,7)8)23(40)27(43)35-20(15-18-11-12-18)24(41)26(34)42/h7-8,11-12,20,23-26,28H,6,9-10,13-19H2,1-5H3,(H2,38,45)(H,39,46)(H2,40,41,50);13,21-25,27H,2,12,14-20H2,1,3-11H3,(H,36,45)(H,37,44)(H2,38,39,47);18-23,25H,10-17H2,1-9H3,(H2,34,42)(H,35,43)(H2,36,37,45)/t23-,24?,25-,26-,28+;21-,22?,23+,24-,25-,27+;19-,20?,21+,22-,23-,25+/m000/s1. The van der Waals surface area contributed by atoms with Gasteiger partial charge in [0, 0.05) is 79.5 Å². The van der Waals surface area contributed by atoms with Crippen LogP contribution in [0.25, 0.3) is 0 Å². The lowest BCUT2D eigenvalue weighted by atomic mass is 9.81. The van der Waals surface area contributed by atoms with E-state index in [2.05, 4.69) is 87.4 Å². The molecule has 17 atom stereocenters. The van der Waals surface area contributed by atoms with Gasteiger partial charge in [-0.05, 0) is 148 Å². The van der Waals surface area contributed by atoms with Gasteiger partial charge in [-0.25, -0.2) is 24.0 Å². The van der Waals surface area contributed by atoms with Crippen LogP contribution in [-0.2, 0) is 57.5 Å². The number of nitrogens with one attached hydrogen (secondary N) is 10. The molecule has 1 aromatic carbocycles. The first-order valence-electron chi connectivity index (χ1n) is 51.9. The number of hydrogen-bond donors (Lipinski definition) is 12. The van der Waals surface area contributed by atoms with E-state index in [4.69, 9.17) is 11.5 Å². The number of hydrogen-bond acceptors (Lipinski definition) is 19. The predicted molar refractivity (Wildman–Crippen MR) is 538 cm³/mol. The number of rotatable bonds is 35. The first kappa shape index (κ1) is 113. The van der Waals surface area contributed by atoms with Crippen LogP contribution in [0.3, 0.4) is 0 Å². The van der Waals surface area contributed by atoms with Crippen LogP contribution in [0.2, 0.25) is 0 Å². The zero-order chi connectivity index (χ0) is 107. The highest BCUT2D eigenvalue weighted by molar-refractivity contribution is 6.39. The van der Waals surface area contributed by atoms with Crippen molar-refractivity contribution >= 4 is 112 Å². The Kier molecular flexibility index (Phi) is 34.1. The monoisotopic (exact) mass is 2010 g/mol. The number of benzene rings is 1. The van der Waals surface area contributed by atoms with Gasteiger partial charge < -0.3 is 98.9 Å². The van der Waals surface area contributed by atoms with Crippen LogP contribution in [0.1, 0.15) is 269 Å². The number of fused-ring (bicyclic) bond motifs is 4. The van der Waals surface area contributed by atoms with Crippen molar-refractivity contribution in [1.29, 1.82) is 0 Å². The van der Waals surface area contributed by atoms with Crippen molar-refractivity contribution in [3.8, 4) is 0 Å².